The van der Waals surface area contributed by atoms with Crippen molar-refractivity contribution in [1.82, 2.24) is 15.5 Å². The standard InChI is InChI=1S/C16H20FN3O/c1-11-15(12(2)20-19-11)7-8-16(21)18-10-9-13-3-5-14(17)6-4-13/h3-6H,7-10H2,1-2H3,(H,18,21)(H,19,20). The number of hydrogen-bond donors (Lipinski definition) is 2. The van der Waals surface area contributed by atoms with E-state index in [2.05, 4.69) is 15.5 Å². The van der Waals surface area contributed by atoms with Crippen molar-refractivity contribution in [2.75, 3.05) is 6.54 Å². The number of aromatic nitrogens is 2. The van der Waals surface area contributed by atoms with E-state index >= 15 is 0 Å². The molecule has 1 aromatic heterocycles. The van der Waals surface area contributed by atoms with E-state index in [0.717, 1.165) is 22.5 Å². The molecule has 0 bridgehead atoms. The summed E-state index contributed by atoms with van der Waals surface area (Å²) in [4.78, 5) is 11.8. The molecule has 0 saturated heterocycles. The number of carbonyl (C=O) groups excluding carboxylic acids is 1. The number of nitrogens with one attached hydrogen (secondary N) is 2. The zero-order valence-electron chi connectivity index (χ0n) is 12.4. The third-order valence-corrected chi connectivity index (χ3v) is 3.53. The van der Waals surface area contributed by atoms with Crippen LogP contribution in [0, 0.1) is 19.7 Å². The highest BCUT2D eigenvalue weighted by Gasteiger charge is 2.08. The summed E-state index contributed by atoms with van der Waals surface area (Å²) in [7, 11) is 0. The van der Waals surface area contributed by atoms with Gasteiger partial charge in [0.15, 0.2) is 0 Å². The molecule has 4 nitrogen and oxygen atoms in total. The maximum Gasteiger partial charge on any atom is 0.220 e. The van der Waals surface area contributed by atoms with Crippen molar-refractivity contribution in [3.8, 4) is 0 Å². The lowest BCUT2D eigenvalue weighted by molar-refractivity contribution is -0.121. The van der Waals surface area contributed by atoms with Crippen LogP contribution in [0.15, 0.2) is 24.3 Å². The first-order valence-electron chi connectivity index (χ1n) is 7.08. The summed E-state index contributed by atoms with van der Waals surface area (Å²) in [5.41, 5.74) is 4.10. The highest BCUT2D eigenvalue weighted by molar-refractivity contribution is 5.76. The minimum absolute atomic E-state index is 0.0251. The second kappa shape index (κ2) is 7.02. The molecule has 112 valence electrons. The summed E-state index contributed by atoms with van der Waals surface area (Å²) in [6, 6.07) is 6.34. The first-order chi connectivity index (χ1) is 10.1. The van der Waals surface area contributed by atoms with Gasteiger partial charge in [0.1, 0.15) is 5.82 Å². The molecule has 1 amide bonds. The Hall–Kier alpha value is -2.17. The van der Waals surface area contributed by atoms with Gasteiger partial charge in [-0.3, -0.25) is 9.89 Å². The van der Waals surface area contributed by atoms with E-state index < -0.39 is 0 Å². The number of hydrogen-bond acceptors (Lipinski definition) is 2. The quantitative estimate of drug-likeness (QED) is 0.858. The third kappa shape index (κ3) is 4.41. The lowest BCUT2D eigenvalue weighted by Crippen LogP contribution is -2.26. The zero-order chi connectivity index (χ0) is 15.2. The maximum atomic E-state index is 12.8. The Balaban J connectivity index is 1.71. The van der Waals surface area contributed by atoms with E-state index in [0.29, 0.717) is 25.8 Å². The maximum absolute atomic E-state index is 12.8. The molecule has 0 unspecified atom stereocenters. The molecule has 2 aromatic rings. The Bertz CT molecular complexity index is 585. The van der Waals surface area contributed by atoms with Crippen LogP contribution >= 0.6 is 0 Å². The Morgan fingerprint density at radius 2 is 1.95 bits per heavy atom. The molecule has 0 spiro atoms. The summed E-state index contributed by atoms with van der Waals surface area (Å²) in [6.45, 7) is 4.46. The van der Waals surface area contributed by atoms with Gasteiger partial charge < -0.3 is 5.32 Å². The lowest BCUT2D eigenvalue weighted by Gasteiger charge is -2.06. The molecule has 5 heteroatoms. The SMILES string of the molecule is Cc1n[nH]c(C)c1CCC(=O)NCCc1ccc(F)cc1. The molecule has 0 atom stereocenters. The Morgan fingerprint density at radius 1 is 1.24 bits per heavy atom. The number of benzene rings is 1. The summed E-state index contributed by atoms with van der Waals surface area (Å²) < 4.78 is 12.8. The van der Waals surface area contributed by atoms with E-state index in [1.54, 1.807) is 12.1 Å². The average Bonchev–Trinajstić information content (AvgIpc) is 2.78. The second-order valence-corrected chi connectivity index (χ2v) is 5.14. The van der Waals surface area contributed by atoms with Crippen molar-refractivity contribution < 1.29 is 9.18 Å². The van der Waals surface area contributed by atoms with Crippen molar-refractivity contribution in [2.24, 2.45) is 0 Å². The lowest BCUT2D eigenvalue weighted by atomic mass is 10.1. The van der Waals surface area contributed by atoms with Crippen LogP contribution in [-0.2, 0) is 17.6 Å². The monoisotopic (exact) mass is 289 g/mol. The highest BCUT2D eigenvalue weighted by atomic mass is 19.1. The number of nitrogens with zero attached hydrogens (tertiary/aromatic N) is 1. The van der Waals surface area contributed by atoms with Gasteiger partial charge in [0, 0.05) is 18.7 Å². The first kappa shape index (κ1) is 15.2. The minimum atomic E-state index is -0.242. The average molecular weight is 289 g/mol. The minimum Gasteiger partial charge on any atom is -0.356 e. The van der Waals surface area contributed by atoms with Crippen molar-refractivity contribution in [2.45, 2.75) is 33.1 Å². The molecule has 1 aromatic carbocycles. The third-order valence-electron chi connectivity index (χ3n) is 3.53. The van der Waals surface area contributed by atoms with Crippen LogP contribution in [0.5, 0.6) is 0 Å². The van der Waals surface area contributed by atoms with Crippen LogP contribution in [0.3, 0.4) is 0 Å². The van der Waals surface area contributed by atoms with Crippen molar-refractivity contribution in [1.29, 1.82) is 0 Å². The summed E-state index contributed by atoms with van der Waals surface area (Å²) in [5.74, 6) is -0.217. The highest BCUT2D eigenvalue weighted by Crippen LogP contribution is 2.11. The number of rotatable bonds is 6. The van der Waals surface area contributed by atoms with Gasteiger partial charge in [0.2, 0.25) is 5.91 Å². The topological polar surface area (TPSA) is 57.8 Å². The van der Waals surface area contributed by atoms with Crippen LogP contribution < -0.4 is 5.32 Å². The Labute approximate surface area is 123 Å². The van der Waals surface area contributed by atoms with Gasteiger partial charge in [0.25, 0.3) is 0 Å². The fraction of sp³-hybridized carbons (Fsp3) is 0.375. The summed E-state index contributed by atoms with van der Waals surface area (Å²) in [5, 5.41) is 9.92. The van der Waals surface area contributed by atoms with E-state index in [1.165, 1.54) is 12.1 Å². The van der Waals surface area contributed by atoms with Crippen LogP contribution in [0.25, 0.3) is 0 Å². The normalized spacial score (nSPS) is 10.6. The van der Waals surface area contributed by atoms with Gasteiger partial charge in [-0.2, -0.15) is 5.10 Å². The van der Waals surface area contributed by atoms with E-state index in [1.807, 2.05) is 13.8 Å². The molecule has 0 aliphatic carbocycles. The number of halogens is 1. The van der Waals surface area contributed by atoms with Crippen LogP contribution in [0.1, 0.15) is 28.9 Å². The predicted octanol–water partition coefficient (Wildman–Crippen LogP) is 2.46. The second-order valence-electron chi connectivity index (χ2n) is 5.14. The molecular formula is C16H20FN3O. The Kier molecular flexibility index (Phi) is 5.09. The van der Waals surface area contributed by atoms with Gasteiger partial charge in [-0.15, -0.1) is 0 Å². The molecule has 0 aliphatic heterocycles. The largest absolute Gasteiger partial charge is 0.356 e. The van der Waals surface area contributed by atoms with Gasteiger partial charge in [0.05, 0.1) is 5.69 Å². The number of aryl methyl sites for hydroxylation is 2. The van der Waals surface area contributed by atoms with Crippen molar-refractivity contribution in [3.63, 3.8) is 0 Å². The van der Waals surface area contributed by atoms with E-state index in [4.69, 9.17) is 0 Å². The van der Waals surface area contributed by atoms with Crippen LogP contribution in [0.4, 0.5) is 4.39 Å². The van der Waals surface area contributed by atoms with Gasteiger partial charge in [-0.25, -0.2) is 4.39 Å². The molecule has 0 saturated carbocycles. The molecule has 2 rings (SSSR count). The molecule has 21 heavy (non-hydrogen) atoms. The number of aromatic amines is 1. The Morgan fingerprint density at radius 3 is 2.57 bits per heavy atom. The van der Waals surface area contributed by atoms with E-state index in [9.17, 15) is 9.18 Å². The number of H-pyrrole nitrogens is 1. The zero-order valence-corrected chi connectivity index (χ0v) is 12.4. The van der Waals surface area contributed by atoms with Gasteiger partial charge >= 0.3 is 0 Å². The summed E-state index contributed by atoms with van der Waals surface area (Å²) >= 11 is 0. The smallest absolute Gasteiger partial charge is 0.220 e. The van der Waals surface area contributed by atoms with E-state index in [-0.39, 0.29) is 11.7 Å². The van der Waals surface area contributed by atoms with Gasteiger partial charge in [-0.05, 0) is 49.9 Å². The predicted molar refractivity (Wildman–Crippen MR) is 79.5 cm³/mol. The molecule has 0 aliphatic rings. The fourth-order valence-electron chi connectivity index (χ4n) is 2.27. The molecule has 0 radical (unpaired) electrons. The van der Waals surface area contributed by atoms with Crippen LogP contribution in [-0.4, -0.2) is 22.6 Å². The van der Waals surface area contributed by atoms with Crippen molar-refractivity contribution in [3.05, 3.63) is 52.6 Å². The molecule has 2 N–H and O–H groups in total. The molecule has 0 fully saturated rings. The molecule has 1 heterocycles. The van der Waals surface area contributed by atoms with Crippen LogP contribution in [0.2, 0.25) is 0 Å². The molecular weight excluding hydrogens is 269 g/mol. The number of carbonyl (C=O) groups is 1. The fourth-order valence-corrected chi connectivity index (χ4v) is 2.27. The number of amides is 1. The first-order valence-corrected chi connectivity index (χ1v) is 7.08. The van der Waals surface area contributed by atoms with Crippen molar-refractivity contribution >= 4 is 5.91 Å². The van der Waals surface area contributed by atoms with Gasteiger partial charge in [-0.1, -0.05) is 12.1 Å². The summed E-state index contributed by atoms with van der Waals surface area (Å²) in [6.07, 6.45) is 1.84.